The Hall–Kier alpha value is -1.21. The van der Waals surface area contributed by atoms with E-state index in [1.54, 1.807) is 6.20 Å². The molecule has 1 atom stereocenters. The molecule has 0 saturated carbocycles. The van der Waals surface area contributed by atoms with E-state index in [0.717, 1.165) is 12.1 Å². The van der Waals surface area contributed by atoms with Crippen molar-refractivity contribution in [3.63, 3.8) is 0 Å². The quantitative estimate of drug-likeness (QED) is 0.487. The van der Waals surface area contributed by atoms with E-state index in [-0.39, 0.29) is 12.6 Å². The Morgan fingerprint density at radius 3 is 3.29 bits per heavy atom. The molecule has 1 unspecified atom stereocenters. The average molecular weight is 238 g/mol. The lowest BCUT2D eigenvalue weighted by Crippen LogP contribution is -2.46. The molecule has 0 bridgehead atoms. The highest BCUT2D eigenvalue weighted by molar-refractivity contribution is 5.42. The van der Waals surface area contributed by atoms with Crippen molar-refractivity contribution >= 4 is 5.82 Å². The fourth-order valence-electron chi connectivity index (χ4n) is 1.98. The van der Waals surface area contributed by atoms with Crippen LogP contribution in [0.3, 0.4) is 0 Å². The van der Waals surface area contributed by atoms with Gasteiger partial charge < -0.3 is 15.3 Å². The van der Waals surface area contributed by atoms with Crippen molar-refractivity contribution in [1.29, 1.82) is 0 Å². The largest absolute Gasteiger partial charge is 0.395 e. The second kappa shape index (κ2) is 5.92. The highest BCUT2D eigenvalue weighted by Gasteiger charge is 2.22. The fourth-order valence-corrected chi connectivity index (χ4v) is 1.98. The van der Waals surface area contributed by atoms with E-state index in [1.807, 2.05) is 12.1 Å². The number of nitrogens with one attached hydrogen (secondary N) is 1. The van der Waals surface area contributed by atoms with Crippen LogP contribution in [0.2, 0.25) is 0 Å². The van der Waals surface area contributed by atoms with Gasteiger partial charge >= 0.3 is 0 Å². The molecule has 0 spiro atoms. The van der Waals surface area contributed by atoms with Crippen molar-refractivity contribution in [2.75, 3.05) is 31.8 Å². The predicted octanol–water partition coefficient (Wildman–Crippen LogP) is -0.440. The minimum Gasteiger partial charge on any atom is -0.395 e. The van der Waals surface area contributed by atoms with Crippen LogP contribution in [0.5, 0.6) is 0 Å². The van der Waals surface area contributed by atoms with Crippen molar-refractivity contribution in [3.05, 3.63) is 23.9 Å². The molecule has 4 N–H and O–H groups in total. The number of nitrogens with two attached hydrogens (primary N) is 1. The van der Waals surface area contributed by atoms with Gasteiger partial charge in [0.25, 0.3) is 0 Å². The average Bonchev–Trinajstić information content (AvgIpc) is 2.40. The Labute approximate surface area is 100 Å². The second-order valence-corrected chi connectivity index (χ2v) is 4.04. The number of aliphatic hydroxyl groups is 1. The van der Waals surface area contributed by atoms with Gasteiger partial charge in [0.05, 0.1) is 25.9 Å². The molecule has 2 rings (SSSR count). The van der Waals surface area contributed by atoms with Crippen molar-refractivity contribution in [2.24, 2.45) is 5.84 Å². The van der Waals surface area contributed by atoms with E-state index < -0.39 is 0 Å². The molecule has 0 aliphatic carbocycles. The lowest BCUT2D eigenvalue weighted by molar-refractivity contribution is -0.0312. The lowest BCUT2D eigenvalue weighted by atomic mass is 10.2. The van der Waals surface area contributed by atoms with Crippen molar-refractivity contribution in [2.45, 2.75) is 12.6 Å². The molecular weight excluding hydrogens is 220 g/mol. The van der Waals surface area contributed by atoms with Gasteiger partial charge in [-0.3, -0.25) is 4.90 Å². The third-order valence-corrected chi connectivity index (χ3v) is 2.96. The van der Waals surface area contributed by atoms with Crippen LogP contribution in [0.25, 0.3) is 0 Å². The van der Waals surface area contributed by atoms with Crippen LogP contribution >= 0.6 is 0 Å². The van der Waals surface area contributed by atoms with Crippen LogP contribution in [0.4, 0.5) is 5.82 Å². The van der Waals surface area contributed by atoms with Crippen LogP contribution < -0.4 is 11.3 Å². The molecule has 0 aromatic carbocycles. The number of hydrogen-bond acceptors (Lipinski definition) is 6. The highest BCUT2D eigenvalue weighted by atomic mass is 16.5. The van der Waals surface area contributed by atoms with E-state index >= 15 is 0 Å². The van der Waals surface area contributed by atoms with Crippen LogP contribution in [0.15, 0.2) is 18.3 Å². The Bertz CT molecular complexity index is 361. The molecular formula is C11H18N4O2. The standard InChI is InChI=1S/C11H18N4O2/c12-14-11-9(2-1-3-13-11)6-15-4-5-17-8-10(15)7-16/h1-3,10,16H,4-8,12H2,(H,13,14). The summed E-state index contributed by atoms with van der Waals surface area (Å²) in [6.45, 7) is 2.89. The molecule has 1 aromatic heterocycles. The lowest BCUT2D eigenvalue weighted by Gasteiger charge is -2.34. The summed E-state index contributed by atoms with van der Waals surface area (Å²) in [4.78, 5) is 6.34. The van der Waals surface area contributed by atoms with Crippen molar-refractivity contribution in [1.82, 2.24) is 9.88 Å². The Balaban J connectivity index is 2.08. The summed E-state index contributed by atoms with van der Waals surface area (Å²) >= 11 is 0. The molecule has 17 heavy (non-hydrogen) atoms. The van der Waals surface area contributed by atoms with Crippen LogP contribution in [-0.2, 0) is 11.3 Å². The maximum atomic E-state index is 9.29. The summed E-state index contributed by atoms with van der Waals surface area (Å²) in [5.74, 6) is 6.09. The van der Waals surface area contributed by atoms with Crippen LogP contribution in [0.1, 0.15) is 5.56 Å². The first-order valence-corrected chi connectivity index (χ1v) is 5.68. The Kier molecular flexibility index (Phi) is 4.27. The van der Waals surface area contributed by atoms with E-state index in [2.05, 4.69) is 15.3 Å². The molecule has 2 heterocycles. The molecule has 6 nitrogen and oxygen atoms in total. The summed E-state index contributed by atoms with van der Waals surface area (Å²) in [7, 11) is 0. The van der Waals surface area contributed by atoms with Crippen LogP contribution in [0, 0.1) is 0 Å². The number of hydrogen-bond donors (Lipinski definition) is 3. The number of hydrazine groups is 1. The Morgan fingerprint density at radius 2 is 2.53 bits per heavy atom. The van der Waals surface area contributed by atoms with E-state index in [4.69, 9.17) is 10.6 Å². The van der Waals surface area contributed by atoms with Crippen molar-refractivity contribution < 1.29 is 9.84 Å². The summed E-state index contributed by atoms with van der Waals surface area (Å²) in [5.41, 5.74) is 3.61. The number of anilines is 1. The first-order chi connectivity index (χ1) is 8.35. The zero-order valence-corrected chi connectivity index (χ0v) is 9.67. The summed E-state index contributed by atoms with van der Waals surface area (Å²) < 4.78 is 5.34. The van der Waals surface area contributed by atoms with Gasteiger partial charge in [-0.05, 0) is 6.07 Å². The molecule has 1 aliphatic rings. The molecule has 1 aliphatic heterocycles. The monoisotopic (exact) mass is 238 g/mol. The first-order valence-electron chi connectivity index (χ1n) is 5.68. The molecule has 0 amide bonds. The number of nitrogens with zero attached hydrogens (tertiary/aromatic N) is 2. The maximum Gasteiger partial charge on any atom is 0.144 e. The topological polar surface area (TPSA) is 83.6 Å². The Morgan fingerprint density at radius 1 is 1.65 bits per heavy atom. The van der Waals surface area contributed by atoms with Gasteiger partial charge in [0.2, 0.25) is 0 Å². The van der Waals surface area contributed by atoms with Gasteiger partial charge in [-0.1, -0.05) is 6.07 Å². The SMILES string of the molecule is NNc1ncccc1CN1CCOCC1CO. The van der Waals surface area contributed by atoms with Gasteiger partial charge in [0.15, 0.2) is 0 Å². The minimum absolute atomic E-state index is 0.0505. The number of aliphatic hydroxyl groups excluding tert-OH is 1. The zero-order chi connectivity index (χ0) is 12.1. The van der Waals surface area contributed by atoms with Gasteiger partial charge in [-0.15, -0.1) is 0 Å². The normalized spacial score (nSPS) is 21.4. The number of morpholine rings is 1. The maximum absolute atomic E-state index is 9.29. The summed E-state index contributed by atoms with van der Waals surface area (Å²) in [5, 5.41) is 9.29. The van der Waals surface area contributed by atoms with Crippen molar-refractivity contribution in [3.8, 4) is 0 Å². The summed E-state index contributed by atoms with van der Waals surface area (Å²) in [6.07, 6.45) is 1.70. The third kappa shape index (κ3) is 2.92. The smallest absolute Gasteiger partial charge is 0.144 e. The number of nitrogen functional groups attached to an aromatic ring is 1. The van der Waals surface area contributed by atoms with E-state index in [0.29, 0.717) is 25.6 Å². The first kappa shape index (κ1) is 12.3. The van der Waals surface area contributed by atoms with Gasteiger partial charge in [0, 0.05) is 24.8 Å². The summed E-state index contributed by atoms with van der Waals surface area (Å²) in [6, 6.07) is 3.91. The van der Waals surface area contributed by atoms with Crippen LogP contribution in [-0.4, -0.2) is 47.4 Å². The third-order valence-electron chi connectivity index (χ3n) is 2.96. The van der Waals surface area contributed by atoms with E-state index in [1.165, 1.54) is 0 Å². The molecule has 1 fully saturated rings. The number of ether oxygens (including phenoxy) is 1. The predicted molar refractivity (Wildman–Crippen MR) is 64.1 cm³/mol. The molecule has 94 valence electrons. The minimum atomic E-state index is 0.0505. The molecule has 0 radical (unpaired) electrons. The fraction of sp³-hybridized carbons (Fsp3) is 0.545. The number of pyridine rings is 1. The van der Waals surface area contributed by atoms with Gasteiger partial charge in [0.1, 0.15) is 5.82 Å². The van der Waals surface area contributed by atoms with E-state index in [9.17, 15) is 5.11 Å². The highest BCUT2D eigenvalue weighted by Crippen LogP contribution is 2.16. The molecule has 6 heteroatoms. The van der Waals surface area contributed by atoms with Gasteiger partial charge in [-0.25, -0.2) is 10.8 Å². The molecule has 1 aromatic rings. The second-order valence-electron chi connectivity index (χ2n) is 4.04. The zero-order valence-electron chi connectivity index (χ0n) is 9.67. The number of rotatable bonds is 4. The number of aromatic nitrogens is 1. The van der Waals surface area contributed by atoms with Gasteiger partial charge in [-0.2, -0.15) is 0 Å². The molecule has 1 saturated heterocycles.